The van der Waals surface area contributed by atoms with Crippen molar-refractivity contribution in [1.82, 2.24) is 10.2 Å². The first-order valence-electron chi connectivity index (χ1n) is 6.01. The standard InChI is InChI=1S/C11H20N2O2S/c14-11(1-6-16)12-9-7-10(8-9)13-2-4-15-5-3-13/h9-10,16H,1-8H2,(H,12,14). The van der Waals surface area contributed by atoms with Crippen molar-refractivity contribution in [2.75, 3.05) is 32.1 Å². The van der Waals surface area contributed by atoms with E-state index in [1.807, 2.05) is 0 Å². The van der Waals surface area contributed by atoms with Gasteiger partial charge in [0.2, 0.25) is 5.91 Å². The molecule has 0 unspecified atom stereocenters. The van der Waals surface area contributed by atoms with Crippen LogP contribution in [0.25, 0.3) is 0 Å². The predicted molar refractivity (Wildman–Crippen MR) is 65.8 cm³/mol. The van der Waals surface area contributed by atoms with Crippen molar-refractivity contribution in [3.8, 4) is 0 Å². The minimum Gasteiger partial charge on any atom is -0.379 e. The maximum Gasteiger partial charge on any atom is 0.221 e. The molecule has 0 aromatic rings. The van der Waals surface area contributed by atoms with Crippen molar-refractivity contribution in [2.45, 2.75) is 31.3 Å². The lowest BCUT2D eigenvalue weighted by molar-refractivity contribution is -0.122. The molecule has 0 spiro atoms. The van der Waals surface area contributed by atoms with Crippen LogP contribution < -0.4 is 5.32 Å². The van der Waals surface area contributed by atoms with Crippen molar-refractivity contribution in [3.05, 3.63) is 0 Å². The Morgan fingerprint density at radius 1 is 1.38 bits per heavy atom. The van der Waals surface area contributed by atoms with Crippen LogP contribution in [0.2, 0.25) is 0 Å². The van der Waals surface area contributed by atoms with E-state index in [2.05, 4.69) is 22.8 Å². The number of morpholine rings is 1. The SMILES string of the molecule is O=C(CCS)NC1CC(N2CCOCC2)C1. The van der Waals surface area contributed by atoms with E-state index >= 15 is 0 Å². The van der Waals surface area contributed by atoms with Gasteiger partial charge in [-0.25, -0.2) is 0 Å². The molecular formula is C11H20N2O2S. The molecule has 2 fully saturated rings. The Bertz CT molecular complexity index is 238. The summed E-state index contributed by atoms with van der Waals surface area (Å²) in [7, 11) is 0. The first-order chi connectivity index (χ1) is 7.79. The van der Waals surface area contributed by atoms with Crippen LogP contribution in [0.1, 0.15) is 19.3 Å². The lowest BCUT2D eigenvalue weighted by atomic mass is 9.85. The number of rotatable bonds is 4. The summed E-state index contributed by atoms with van der Waals surface area (Å²) in [5.41, 5.74) is 0. The molecular weight excluding hydrogens is 224 g/mol. The highest BCUT2D eigenvalue weighted by Gasteiger charge is 2.34. The van der Waals surface area contributed by atoms with Crippen molar-refractivity contribution in [1.29, 1.82) is 0 Å². The molecule has 1 aliphatic carbocycles. The molecule has 0 atom stereocenters. The number of carbonyl (C=O) groups excluding carboxylic acids is 1. The fraction of sp³-hybridized carbons (Fsp3) is 0.909. The highest BCUT2D eigenvalue weighted by atomic mass is 32.1. The molecule has 5 heteroatoms. The van der Waals surface area contributed by atoms with Crippen LogP contribution in [-0.4, -0.2) is 54.9 Å². The molecule has 92 valence electrons. The Morgan fingerprint density at radius 2 is 2.06 bits per heavy atom. The molecule has 0 bridgehead atoms. The minimum absolute atomic E-state index is 0.139. The van der Waals surface area contributed by atoms with Gasteiger partial charge in [-0.3, -0.25) is 9.69 Å². The molecule has 1 saturated heterocycles. The predicted octanol–water partition coefficient (Wildman–Crippen LogP) is 0.286. The third-order valence-corrected chi connectivity index (χ3v) is 3.60. The fourth-order valence-electron chi connectivity index (χ4n) is 2.35. The maximum atomic E-state index is 11.3. The second kappa shape index (κ2) is 5.89. The average molecular weight is 244 g/mol. The Hall–Kier alpha value is -0.260. The summed E-state index contributed by atoms with van der Waals surface area (Å²) in [6.45, 7) is 3.80. The summed E-state index contributed by atoms with van der Waals surface area (Å²) in [4.78, 5) is 13.8. The maximum absolute atomic E-state index is 11.3. The third-order valence-electron chi connectivity index (χ3n) is 3.38. The van der Waals surface area contributed by atoms with Gasteiger partial charge in [0.05, 0.1) is 13.2 Å². The zero-order valence-electron chi connectivity index (χ0n) is 9.52. The van der Waals surface area contributed by atoms with Crippen molar-refractivity contribution < 1.29 is 9.53 Å². The molecule has 1 amide bonds. The molecule has 0 aromatic carbocycles. The van der Waals surface area contributed by atoms with Gasteiger partial charge in [-0.2, -0.15) is 12.6 Å². The number of nitrogens with zero attached hydrogens (tertiary/aromatic N) is 1. The summed E-state index contributed by atoms with van der Waals surface area (Å²) >= 11 is 4.05. The van der Waals surface area contributed by atoms with Gasteiger partial charge >= 0.3 is 0 Å². The second-order valence-electron chi connectivity index (χ2n) is 4.51. The van der Waals surface area contributed by atoms with E-state index in [1.165, 1.54) is 0 Å². The first-order valence-corrected chi connectivity index (χ1v) is 6.65. The average Bonchev–Trinajstić information content (AvgIpc) is 2.24. The van der Waals surface area contributed by atoms with E-state index in [1.54, 1.807) is 0 Å². The largest absolute Gasteiger partial charge is 0.379 e. The van der Waals surface area contributed by atoms with Crippen LogP contribution in [0.4, 0.5) is 0 Å². The van der Waals surface area contributed by atoms with Gasteiger partial charge in [0.25, 0.3) is 0 Å². The molecule has 2 aliphatic rings. The second-order valence-corrected chi connectivity index (χ2v) is 4.96. The molecule has 1 heterocycles. The Morgan fingerprint density at radius 3 is 2.69 bits per heavy atom. The number of ether oxygens (including phenoxy) is 1. The van der Waals surface area contributed by atoms with E-state index in [4.69, 9.17) is 4.74 Å². The number of amides is 1. The molecule has 2 rings (SSSR count). The van der Waals surface area contributed by atoms with Crippen molar-refractivity contribution in [3.63, 3.8) is 0 Å². The van der Waals surface area contributed by atoms with E-state index in [9.17, 15) is 4.79 Å². The summed E-state index contributed by atoms with van der Waals surface area (Å²) in [6.07, 6.45) is 2.72. The lowest BCUT2D eigenvalue weighted by Crippen LogP contribution is -2.56. The monoisotopic (exact) mass is 244 g/mol. The summed E-state index contributed by atoms with van der Waals surface area (Å²) in [5.74, 6) is 0.770. The summed E-state index contributed by atoms with van der Waals surface area (Å²) < 4.78 is 5.32. The van der Waals surface area contributed by atoms with E-state index in [0.29, 0.717) is 24.3 Å². The Kier molecular flexibility index (Phi) is 4.49. The van der Waals surface area contributed by atoms with Gasteiger partial charge in [0.15, 0.2) is 0 Å². The van der Waals surface area contributed by atoms with Crippen molar-refractivity contribution in [2.24, 2.45) is 0 Å². The van der Waals surface area contributed by atoms with Gasteiger partial charge in [-0.1, -0.05) is 0 Å². The number of hydrogen-bond acceptors (Lipinski definition) is 4. The van der Waals surface area contributed by atoms with Gasteiger partial charge < -0.3 is 10.1 Å². The number of thiol groups is 1. The lowest BCUT2D eigenvalue weighted by Gasteiger charge is -2.44. The Balaban J connectivity index is 1.63. The third kappa shape index (κ3) is 3.12. The molecule has 1 aliphatic heterocycles. The quantitative estimate of drug-likeness (QED) is 0.698. The molecule has 1 N–H and O–H groups in total. The highest BCUT2D eigenvalue weighted by Crippen LogP contribution is 2.26. The van der Waals surface area contributed by atoms with E-state index < -0.39 is 0 Å². The van der Waals surface area contributed by atoms with E-state index in [-0.39, 0.29) is 5.91 Å². The van der Waals surface area contributed by atoms with Crippen LogP contribution in [-0.2, 0) is 9.53 Å². The fourth-order valence-corrected chi connectivity index (χ4v) is 2.55. The van der Waals surface area contributed by atoms with Crippen molar-refractivity contribution >= 4 is 18.5 Å². The van der Waals surface area contributed by atoms with E-state index in [0.717, 1.165) is 39.1 Å². The number of carbonyl (C=O) groups is 1. The van der Waals surface area contributed by atoms with Gasteiger partial charge in [0.1, 0.15) is 0 Å². The van der Waals surface area contributed by atoms with Crippen LogP contribution in [0, 0.1) is 0 Å². The van der Waals surface area contributed by atoms with Crippen LogP contribution in [0.3, 0.4) is 0 Å². The molecule has 4 nitrogen and oxygen atoms in total. The Labute approximate surface area is 102 Å². The normalized spacial score (nSPS) is 30.8. The molecule has 0 radical (unpaired) electrons. The summed E-state index contributed by atoms with van der Waals surface area (Å²) in [5, 5.41) is 3.04. The number of nitrogens with one attached hydrogen (secondary N) is 1. The topological polar surface area (TPSA) is 41.6 Å². The summed E-state index contributed by atoms with van der Waals surface area (Å²) in [6, 6.07) is 1.05. The molecule has 0 aromatic heterocycles. The smallest absolute Gasteiger partial charge is 0.221 e. The number of hydrogen-bond donors (Lipinski definition) is 2. The van der Waals surface area contributed by atoms with Crippen LogP contribution >= 0.6 is 12.6 Å². The molecule has 1 saturated carbocycles. The zero-order chi connectivity index (χ0) is 11.4. The van der Waals surface area contributed by atoms with Crippen LogP contribution in [0.15, 0.2) is 0 Å². The zero-order valence-corrected chi connectivity index (χ0v) is 10.4. The first kappa shape index (κ1) is 12.2. The van der Waals surface area contributed by atoms with Gasteiger partial charge in [-0.15, -0.1) is 0 Å². The van der Waals surface area contributed by atoms with Crippen LogP contribution in [0.5, 0.6) is 0 Å². The minimum atomic E-state index is 0.139. The highest BCUT2D eigenvalue weighted by molar-refractivity contribution is 7.80. The van der Waals surface area contributed by atoms with Gasteiger partial charge in [0, 0.05) is 31.6 Å². The van der Waals surface area contributed by atoms with Gasteiger partial charge in [-0.05, 0) is 18.6 Å². The molecule has 16 heavy (non-hydrogen) atoms.